The topological polar surface area (TPSA) is 68.7 Å². The molecule has 0 aliphatic carbocycles. The van der Waals surface area contributed by atoms with Crippen LogP contribution in [-0.4, -0.2) is 41.5 Å². The SMILES string of the molecule is CCOC(=O)CCN(Cc1cccnc1)C(=O)COc1ccccc1CC. The summed E-state index contributed by atoms with van der Waals surface area (Å²) in [7, 11) is 0. The van der Waals surface area contributed by atoms with Crippen LogP contribution in [-0.2, 0) is 27.3 Å². The summed E-state index contributed by atoms with van der Waals surface area (Å²) in [6.45, 7) is 4.68. The number of rotatable bonds is 10. The Morgan fingerprint density at radius 2 is 1.93 bits per heavy atom. The Labute approximate surface area is 160 Å². The number of ether oxygens (including phenoxy) is 2. The quantitative estimate of drug-likeness (QED) is 0.602. The van der Waals surface area contributed by atoms with Gasteiger partial charge in [-0.25, -0.2) is 0 Å². The first kappa shape index (κ1) is 20.4. The number of hydrogen-bond donors (Lipinski definition) is 0. The average molecular weight is 370 g/mol. The lowest BCUT2D eigenvalue weighted by molar-refractivity contribution is -0.144. The largest absolute Gasteiger partial charge is 0.483 e. The molecule has 0 aliphatic heterocycles. The highest BCUT2D eigenvalue weighted by molar-refractivity contribution is 5.78. The first-order valence-electron chi connectivity index (χ1n) is 9.17. The summed E-state index contributed by atoms with van der Waals surface area (Å²) in [6, 6.07) is 11.4. The smallest absolute Gasteiger partial charge is 0.307 e. The molecule has 0 atom stereocenters. The molecule has 2 rings (SSSR count). The average Bonchev–Trinajstić information content (AvgIpc) is 2.70. The minimum absolute atomic E-state index is 0.0832. The number of carbonyl (C=O) groups is 2. The van der Waals surface area contributed by atoms with Gasteiger partial charge >= 0.3 is 5.97 Å². The van der Waals surface area contributed by atoms with Crippen LogP contribution in [0.1, 0.15) is 31.4 Å². The molecule has 1 heterocycles. The van der Waals surface area contributed by atoms with E-state index in [1.807, 2.05) is 43.3 Å². The fraction of sp³-hybridized carbons (Fsp3) is 0.381. The Kier molecular flexibility index (Phi) is 8.29. The van der Waals surface area contributed by atoms with Crippen LogP contribution in [0.5, 0.6) is 5.75 Å². The third-order valence-electron chi connectivity index (χ3n) is 4.04. The second-order valence-electron chi connectivity index (χ2n) is 5.98. The van der Waals surface area contributed by atoms with Crippen molar-refractivity contribution < 1.29 is 19.1 Å². The Balaban J connectivity index is 2.01. The van der Waals surface area contributed by atoms with E-state index in [9.17, 15) is 9.59 Å². The zero-order chi connectivity index (χ0) is 19.5. The maximum atomic E-state index is 12.7. The summed E-state index contributed by atoms with van der Waals surface area (Å²) >= 11 is 0. The van der Waals surface area contributed by atoms with E-state index in [1.165, 1.54) is 0 Å². The Hall–Kier alpha value is -2.89. The van der Waals surface area contributed by atoms with E-state index in [0.29, 0.717) is 18.9 Å². The molecule has 6 heteroatoms. The molecule has 1 aromatic carbocycles. The number of aryl methyl sites for hydroxylation is 1. The van der Waals surface area contributed by atoms with E-state index >= 15 is 0 Å². The minimum Gasteiger partial charge on any atom is -0.483 e. The van der Waals surface area contributed by atoms with Crippen molar-refractivity contribution in [3.8, 4) is 5.75 Å². The maximum Gasteiger partial charge on any atom is 0.307 e. The van der Waals surface area contributed by atoms with Crippen molar-refractivity contribution in [3.63, 3.8) is 0 Å². The van der Waals surface area contributed by atoms with Crippen molar-refractivity contribution in [1.29, 1.82) is 0 Å². The lowest BCUT2D eigenvalue weighted by Crippen LogP contribution is -2.36. The number of hydrogen-bond acceptors (Lipinski definition) is 5. The van der Waals surface area contributed by atoms with Crippen LogP contribution in [0.3, 0.4) is 0 Å². The molecular formula is C21H26N2O4. The lowest BCUT2D eigenvalue weighted by Gasteiger charge is -2.23. The monoisotopic (exact) mass is 370 g/mol. The Bertz CT molecular complexity index is 734. The number of pyridine rings is 1. The number of amides is 1. The predicted molar refractivity (Wildman–Crippen MR) is 102 cm³/mol. The van der Waals surface area contributed by atoms with Gasteiger partial charge in [0, 0.05) is 25.5 Å². The van der Waals surface area contributed by atoms with Gasteiger partial charge in [0.05, 0.1) is 13.0 Å². The van der Waals surface area contributed by atoms with Crippen LogP contribution in [0.15, 0.2) is 48.8 Å². The van der Waals surface area contributed by atoms with E-state index in [4.69, 9.17) is 9.47 Å². The van der Waals surface area contributed by atoms with Crippen LogP contribution in [0.25, 0.3) is 0 Å². The van der Waals surface area contributed by atoms with Gasteiger partial charge in [-0.15, -0.1) is 0 Å². The predicted octanol–water partition coefficient (Wildman–Crippen LogP) is 3.00. The summed E-state index contributed by atoms with van der Waals surface area (Å²) < 4.78 is 10.7. The molecule has 1 amide bonds. The summed E-state index contributed by atoms with van der Waals surface area (Å²) in [5.74, 6) is 0.202. The summed E-state index contributed by atoms with van der Waals surface area (Å²) in [5.41, 5.74) is 1.94. The number of aromatic nitrogens is 1. The first-order chi connectivity index (χ1) is 13.1. The molecule has 0 saturated heterocycles. The van der Waals surface area contributed by atoms with E-state index < -0.39 is 0 Å². The van der Waals surface area contributed by atoms with Crippen molar-refractivity contribution in [2.24, 2.45) is 0 Å². The molecule has 0 bridgehead atoms. The van der Waals surface area contributed by atoms with Crippen molar-refractivity contribution in [1.82, 2.24) is 9.88 Å². The molecule has 0 fully saturated rings. The van der Waals surface area contributed by atoms with Crippen LogP contribution < -0.4 is 4.74 Å². The van der Waals surface area contributed by atoms with Gasteiger partial charge in [0.1, 0.15) is 5.75 Å². The summed E-state index contributed by atoms with van der Waals surface area (Å²) in [6.07, 6.45) is 4.36. The molecule has 0 radical (unpaired) electrons. The first-order valence-corrected chi connectivity index (χ1v) is 9.17. The number of para-hydroxylation sites is 1. The maximum absolute atomic E-state index is 12.7. The van der Waals surface area contributed by atoms with Crippen LogP contribution in [0.4, 0.5) is 0 Å². The third kappa shape index (κ3) is 6.73. The second kappa shape index (κ2) is 11.0. The van der Waals surface area contributed by atoms with E-state index in [-0.39, 0.29) is 31.4 Å². The van der Waals surface area contributed by atoms with Gasteiger partial charge in [0.15, 0.2) is 6.61 Å². The van der Waals surface area contributed by atoms with Gasteiger partial charge in [-0.2, -0.15) is 0 Å². The lowest BCUT2D eigenvalue weighted by atomic mass is 10.1. The molecule has 0 aliphatic rings. The zero-order valence-electron chi connectivity index (χ0n) is 15.9. The fourth-order valence-corrected chi connectivity index (χ4v) is 2.63. The van der Waals surface area contributed by atoms with E-state index in [0.717, 1.165) is 17.5 Å². The van der Waals surface area contributed by atoms with Gasteiger partial charge in [0.25, 0.3) is 5.91 Å². The third-order valence-corrected chi connectivity index (χ3v) is 4.04. The van der Waals surface area contributed by atoms with Gasteiger partial charge in [-0.05, 0) is 36.6 Å². The molecule has 0 saturated carbocycles. The highest BCUT2D eigenvalue weighted by Gasteiger charge is 2.17. The molecule has 6 nitrogen and oxygen atoms in total. The van der Waals surface area contributed by atoms with E-state index in [1.54, 1.807) is 24.2 Å². The zero-order valence-corrected chi connectivity index (χ0v) is 15.9. The van der Waals surface area contributed by atoms with Crippen LogP contribution in [0, 0.1) is 0 Å². The van der Waals surface area contributed by atoms with Crippen molar-refractivity contribution >= 4 is 11.9 Å². The highest BCUT2D eigenvalue weighted by atomic mass is 16.5. The molecule has 0 spiro atoms. The molecular weight excluding hydrogens is 344 g/mol. The molecule has 0 N–H and O–H groups in total. The van der Waals surface area contributed by atoms with Gasteiger partial charge in [0.2, 0.25) is 0 Å². The molecule has 0 unspecified atom stereocenters. The molecule has 27 heavy (non-hydrogen) atoms. The number of benzene rings is 1. The van der Waals surface area contributed by atoms with Gasteiger partial charge in [-0.1, -0.05) is 31.2 Å². The van der Waals surface area contributed by atoms with Crippen molar-refractivity contribution in [2.75, 3.05) is 19.8 Å². The van der Waals surface area contributed by atoms with Crippen LogP contribution in [0.2, 0.25) is 0 Å². The summed E-state index contributed by atoms with van der Waals surface area (Å²) in [4.78, 5) is 30.1. The second-order valence-corrected chi connectivity index (χ2v) is 5.98. The van der Waals surface area contributed by atoms with Crippen molar-refractivity contribution in [2.45, 2.75) is 33.2 Å². The highest BCUT2D eigenvalue weighted by Crippen LogP contribution is 2.18. The number of nitrogens with zero attached hydrogens (tertiary/aromatic N) is 2. The molecule has 1 aromatic heterocycles. The van der Waals surface area contributed by atoms with Crippen molar-refractivity contribution in [3.05, 3.63) is 59.9 Å². The Morgan fingerprint density at radius 3 is 2.63 bits per heavy atom. The minimum atomic E-state index is -0.321. The molecule has 144 valence electrons. The summed E-state index contributed by atoms with van der Waals surface area (Å²) in [5, 5.41) is 0. The van der Waals surface area contributed by atoms with E-state index in [2.05, 4.69) is 4.98 Å². The van der Waals surface area contributed by atoms with Crippen LogP contribution >= 0.6 is 0 Å². The number of esters is 1. The molecule has 2 aromatic rings. The normalized spacial score (nSPS) is 10.3. The fourth-order valence-electron chi connectivity index (χ4n) is 2.63. The number of carbonyl (C=O) groups excluding carboxylic acids is 2. The standard InChI is InChI=1S/C21H26N2O4/c1-3-18-9-5-6-10-19(18)27-16-20(24)23(13-11-21(25)26-4-2)15-17-8-7-12-22-14-17/h5-10,12,14H,3-4,11,13,15-16H2,1-2H3. The van der Waals surface area contributed by atoms with Gasteiger partial charge in [-0.3, -0.25) is 14.6 Å². The Morgan fingerprint density at radius 1 is 1.11 bits per heavy atom. The van der Waals surface area contributed by atoms with Gasteiger partial charge < -0.3 is 14.4 Å².